The van der Waals surface area contributed by atoms with Crippen LogP contribution in [0, 0.1) is 29.6 Å². The summed E-state index contributed by atoms with van der Waals surface area (Å²) in [5.74, 6) is 13.2. The topological polar surface area (TPSA) is 86.2 Å². The van der Waals surface area contributed by atoms with Crippen molar-refractivity contribution >= 4 is 11.8 Å². The van der Waals surface area contributed by atoms with E-state index >= 15 is 0 Å². The molecule has 0 saturated heterocycles. The second kappa shape index (κ2) is 37.5. The first-order valence-corrected chi connectivity index (χ1v) is 20.1. The van der Waals surface area contributed by atoms with Crippen LogP contribution in [0.1, 0.15) is 225 Å². The number of rotatable bonds is 35. The lowest BCUT2D eigenvalue weighted by Crippen LogP contribution is -2.09. The van der Waals surface area contributed by atoms with E-state index in [0.717, 1.165) is 44.4 Å². The number of hydrogen-bond acceptors (Lipinski definition) is 2. The largest absolute Gasteiger partial charge is 0.370 e. The third kappa shape index (κ3) is 38.2. The molecular weight excluding hydrogens is 564 g/mol. The molecule has 266 valence electrons. The molecule has 0 aromatic rings. The van der Waals surface area contributed by atoms with Gasteiger partial charge in [0.15, 0.2) is 0 Å². The normalized spacial score (nSPS) is 10.8. The van der Waals surface area contributed by atoms with Crippen LogP contribution in [0.5, 0.6) is 0 Å². The Morgan fingerprint density at radius 1 is 0.413 bits per heavy atom. The molecule has 0 saturated carbocycles. The van der Waals surface area contributed by atoms with Gasteiger partial charge in [-0.25, -0.2) is 0 Å². The molecule has 0 aliphatic heterocycles. The minimum absolute atomic E-state index is 0.165. The van der Waals surface area contributed by atoms with Crippen LogP contribution in [0.4, 0.5) is 0 Å². The second-order valence-corrected chi connectivity index (χ2v) is 14.0. The summed E-state index contributed by atoms with van der Waals surface area (Å²) >= 11 is 0. The van der Waals surface area contributed by atoms with Crippen molar-refractivity contribution in [1.82, 2.24) is 0 Å². The summed E-state index contributed by atoms with van der Waals surface area (Å²) in [4.78, 5) is 21.7. The maximum Gasteiger partial charge on any atom is 0.217 e. The zero-order valence-electron chi connectivity index (χ0n) is 30.6. The number of amides is 2. The van der Waals surface area contributed by atoms with E-state index in [0.29, 0.717) is 12.8 Å². The Bertz CT molecular complexity index is 768. The maximum atomic E-state index is 10.9. The number of nitrogens with two attached hydrogens (primary N) is 2. The lowest BCUT2D eigenvalue weighted by molar-refractivity contribution is -0.119. The molecule has 0 aliphatic rings. The standard InChI is InChI=1S/C42H76N2O2/c1-2-3-4-5-6-7-8-9-10-11-12-13-14-15-16-17-20-25-30-35-40(36-31-26-21-18-23-28-33-38-41(43)45)37-32-27-22-19-24-29-34-39-42(44)46/h40H,2-9,14-39H2,1H3,(H2,43,45)(H2,44,46). The summed E-state index contributed by atoms with van der Waals surface area (Å²) in [6, 6.07) is 0. The molecule has 0 bridgehead atoms. The van der Waals surface area contributed by atoms with Crippen molar-refractivity contribution in [1.29, 1.82) is 0 Å². The lowest BCUT2D eigenvalue weighted by Gasteiger charge is -2.17. The number of primary amides is 2. The quantitative estimate of drug-likeness (QED) is 0.0533. The van der Waals surface area contributed by atoms with E-state index in [-0.39, 0.29) is 11.8 Å². The highest BCUT2D eigenvalue weighted by atomic mass is 16.1. The third-order valence-corrected chi connectivity index (χ3v) is 9.38. The highest BCUT2D eigenvalue weighted by Gasteiger charge is 2.09. The first-order valence-electron chi connectivity index (χ1n) is 20.1. The summed E-state index contributed by atoms with van der Waals surface area (Å²) in [7, 11) is 0. The third-order valence-electron chi connectivity index (χ3n) is 9.38. The van der Waals surface area contributed by atoms with Crippen molar-refractivity contribution in [3.63, 3.8) is 0 Å². The highest BCUT2D eigenvalue weighted by molar-refractivity contribution is 5.73. The molecule has 0 heterocycles. The molecule has 2 amide bonds. The predicted molar refractivity (Wildman–Crippen MR) is 200 cm³/mol. The van der Waals surface area contributed by atoms with Gasteiger partial charge in [-0.2, -0.15) is 0 Å². The van der Waals surface area contributed by atoms with Gasteiger partial charge in [0.1, 0.15) is 0 Å². The van der Waals surface area contributed by atoms with E-state index in [9.17, 15) is 9.59 Å². The summed E-state index contributed by atoms with van der Waals surface area (Å²) in [5, 5.41) is 0. The fraction of sp³-hybridized carbons (Fsp3) is 0.857. The van der Waals surface area contributed by atoms with Gasteiger partial charge in [-0.3, -0.25) is 9.59 Å². The maximum absolute atomic E-state index is 10.9. The minimum Gasteiger partial charge on any atom is -0.370 e. The first-order chi connectivity index (χ1) is 22.6. The Morgan fingerprint density at radius 3 is 1.02 bits per heavy atom. The van der Waals surface area contributed by atoms with Crippen LogP contribution in [0.3, 0.4) is 0 Å². The van der Waals surface area contributed by atoms with Gasteiger partial charge >= 0.3 is 0 Å². The number of carbonyl (C=O) groups excluding carboxylic acids is 2. The highest BCUT2D eigenvalue weighted by Crippen LogP contribution is 2.25. The second-order valence-electron chi connectivity index (χ2n) is 14.0. The van der Waals surface area contributed by atoms with Crippen molar-refractivity contribution in [3.8, 4) is 23.7 Å². The molecule has 0 radical (unpaired) electrons. The Labute approximate surface area is 287 Å². The van der Waals surface area contributed by atoms with Gasteiger partial charge in [-0.1, -0.05) is 186 Å². The fourth-order valence-electron chi connectivity index (χ4n) is 6.40. The molecule has 0 fully saturated rings. The van der Waals surface area contributed by atoms with Crippen LogP contribution in [0.15, 0.2) is 0 Å². The van der Waals surface area contributed by atoms with Gasteiger partial charge in [0.05, 0.1) is 0 Å². The van der Waals surface area contributed by atoms with Gasteiger partial charge < -0.3 is 11.5 Å². The van der Waals surface area contributed by atoms with E-state index in [4.69, 9.17) is 11.5 Å². The first kappa shape index (κ1) is 44.1. The van der Waals surface area contributed by atoms with Crippen LogP contribution in [-0.4, -0.2) is 11.8 Å². The monoisotopic (exact) mass is 641 g/mol. The van der Waals surface area contributed by atoms with Gasteiger partial charge in [0, 0.05) is 25.7 Å². The molecule has 0 spiro atoms. The van der Waals surface area contributed by atoms with Gasteiger partial charge in [0.25, 0.3) is 0 Å². The molecular formula is C42H76N2O2. The van der Waals surface area contributed by atoms with E-state index in [1.54, 1.807) is 0 Å². The molecule has 0 rings (SSSR count). The molecule has 0 atom stereocenters. The Hall–Kier alpha value is -1.94. The zero-order chi connectivity index (χ0) is 33.6. The summed E-state index contributed by atoms with van der Waals surface area (Å²) in [6.45, 7) is 2.27. The molecule has 4 heteroatoms. The predicted octanol–water partition coefficient (Wildman–Crippen LogP) is 11.9. The van der Waals surface area contributed by atoms with Crippen molar-refractivity contribution in [2.24, 2.45) is 17.4 Å². The van der Waals surface area contributed by atoms with E-state index < -0.39 is 0 Å². The minimum atomic E-state index is -0.165. The van der Waals surface area contributed by atoms with Crippen molar-refractivity contribution in [3.05, 3.63) is 0 Å². The summed E-state index contributed by atoms with van der Waals surface area (Å²) in [5.41, 5.74) is 10.5. The van der Waals surface area contributed by atoms with Crippen LogP contribution in [0.2, 0.25) is 0 Å². The molecule has 46 heavy (non-hydrogen) atoms. The number of hydrogen-bond donors (Lipinski definition) is 2. The smallest absolute Gasteiger partial charge is 0.217 e. The van der Waals surface area contributed by atoms with Crippen molar-refractivity contribution in [2.75, 3.05) is 0 Å². The van der Waals surface area contributed by atoms with Gasteiger partial charge in [0.2, 0.25) is 11.8 Å². The Balaban J connectivity index is 3.97. The molecule has 4 nitrogen and oxygen atoms in total. The number of unbranched alkanes of at least 4 members (excludes halogenated alkanes) is 25. The average Bonchev–Trinajstić information content (AvgIpc) is 3.03. The molecule has 0 aromatic carbocycles. The Kier molecular flexibility index (Phi) is 35.9. The molecule has 0 aromatic heterocycles. The van der Waals surface area contributed by atoms with E-state index in [1.165, 1.54) is 167 Å². The van der Waals surface area contributed by atoms with E-state index in [2.05, 4.69) is 30.6 Å². The lowest BCUT2D eigenvalue weighted by atomic mass is 9.89. The van der Waals surface area contributed by atoms with Gasteiger partial charge in [-0.05, 0) is 43.4 Å². The zero-order valence-corrected chi connectivity index (χ0v) is 30.6. The Morgan fingerprint density at radius 2 is 0.696 bits per heavy atom. The van der Waals surface area contributed by atoms with Crippen molar-refractivity contribution < 1.29 is 9.59 Å². The van der Waals surface area contributed by atoms with Crippen LogP contribution < -0.4 is 11.5 Å². The van der Waals surface area contributed by atoms with Crippen molar-refractivity contribution in [2.45, 2.75) is 225 Å². The summed E-state index contributed by atoms with van der Waals surface area (Å²) < 4.78 is 0. The number of carbonyl (C=O) groups is 2. The van der Waals surface area contributed by atoms with Crippen LogP contribution in [0.25, 0.3) is 0 Å². The van der Waals surface area contributed by atoms with Crippen LogP contribution in [-0.2, 0) is 9.59 Å². The SMILES string of the molecule is CCCCCCCCCC#CC#CCCCCCCCCC(CCCCCCCCCC(N)=O)CCCCCCCCCC(N)=O. The fourth-order valence-corrected chi connectivity index (χ4v) is 6.40. The van der Waals surface area contributed by atoms with E-state index in [1.807, 2.05) is 0 Å². The summed E-state index contributed by atoms with van der Waals surface area (Å²) in [6.07, 6.45) is 42.0. The molecule has 0 unspecified atom stereocenters. The molecule has 4 N–H and O–H groups in total. The average molecular weight is 641 g/mol. The van der Waals surface area contributed by atoms with Crippen LogP contribution >= 0.6 is 0 Å². The van der Waals surface area contributed by atoms with Gasteiger partial charge in [-0.15, -0.1) is 0 Å². The molecule has 0 aliphatic carbocycles.